The smallest absolute Gasteiger partial charge is 0.335 e. The molecule has 1 heterocycles. The molecule has 100 valence electrons. The first-order valence-corrected chi connectivity index (χ1v) is 5.61. The van der Waals surface area contributed by atoms with Crippen molar-refractivity contribution in [3.63, 3.8) is 0 Å². The Morgan fingerprint density at radius 3 is 2.63 bits per heavy atom. The maximum absolute atomic E-state index is 11.8. The lowest BCUT2D eigenvalue weighted by molar-refractivity contribution is -0.123. The van der Waals surface area contributed by atoms with E-state index >= 15 is 0 Å². The monoisotopic (exact) mass is 264 g/mol. The van der Waals surface area contributed by atoms with Crippen LogP contribution in [0, 0.1) is 5.92 Å². The van der Waals surface area contributed by atoms with Gasteiger partial charge in [-0.15, -0.1) is 0 Å². The highest BCUT2D eigenvalue weighted by Gasteiger charge is 2.28. The van der Waals surface area contributed by atoms with E-state index in [2.05, 4.69) is 10.6 Å². The molecule has 0 aromatic heterocycles. The average Bonchev–Trinajstić information content (AvgIpc) is 2.78. The summed E-state index contributed by atoms with van der Waals surface area (Å²) in [4.78, 5) is 33.5. The number of aromatic carboxylic acids is 1. The number of aromatic hydroxyl groups is 1. The molecule has 1 atom stereocenters. The molecule has 0 bridgehead atoms. The zero-order chi connectivity index (χ0) is 14.0. The summed E-state index contributed by atoms with van der Waals surface area (Å²) in [7, 11) is 0. The van der Waals surface area contributed by atoms with Crippen LogP contribution in [0.5, 0.6) is 5.75 Å². The molecule has 7 nitrogen and oxygen atoms in total. The number of rotatable bonds is 3. The summed E-state index contributed by atoms with van der Waals surface area (Å²) in [6, 6.07) is 3.63. The molecule has 1 aliphatic rings. The zero-order valence-corrected chi connectivity index (χ0v) is 9.84. The lowest BCUT2D eigenvalue weighted by Gasteiger charge is -2.10. The number of phenols is 1. The van der Waals surface area contributed by atoms with E-state index in [0.717, 1.165) is 6.07 Å². The summed E-state index contributed by atoms with van der Waals surface area (Å²) in [5.74, 6) is -2.56. The molecule has 0 radical (unpaired) electrons. The Hall–Kier alpha value is -2.57. The van der Waals surface area contributed by atoms with Crippen molar-refractivity contribution in [3.05, 3.63) is 23.8 Å². The van der Waals surface area contributed by atoms with Gasteiger partial charge in [0, 0.05) is 13.0 Å². The first-order chi connectivity index (χ1) is 8.97. The van der Waals surface area contributed by atoms with Crippen molar-refractivity contribution >= 4 is 23.5 Å². The summed E-state index contributed by atoms with van der Waals surface area (Å²) in [6.45, 7) is 0.263. The van der Waals surface area contributed by atoms with Gasteiger partial charge in [0.25, 0.3) is 0 Å². The van der Waals surface area contributed by atoms with Gasteiger partial charge < -0.3 is 20.8 Å². The van der Waals surface area contributed by atoms with Crippen molar-refractivity contribution in [1.82, 2.24) is 5.32 Å². The fourth-order valence-corrected chi connectivity index (χ4v) is 1.80. The van der Waals surface area contributed by atoms with Gasteiger partial charge in [0.15, 0.2) is 0 Å². The number of hydrogen-bond donors (Lipinski definition) is 4. The Labute approximate surface area is 108 Å². The van der Waals surface area contributed by atoms with Crippen LogP contribution in [0.3, 0.4) is 0 Å². The summed E-state index contributed by atoms with van der Waals surface area (Å²) in [5, 5.41) is 23.4. The summed E-state index contributed by atoms with van der Waals surface area (Å²) < 4.78 is 0. The van der Waals surface area contributed by atoms with Crippen molar-refractivity contribution < 1.29 is 24.6 Å². The molecule has 0 aliphatic carbocycles. The van der Waals surface area contributed by atoms with Crippen molar-refractivity contribution in [2.45, 2.75) is 6.42 Å². The fourth-order valence-electron chi connectivity index (χ4n) is 1.80. The molecule has 1 fully saturated rings. The summed E-state index contributed by atoms with van der Waals surface area (Å²) in [6.07, 6.45) is 0.111. The maximum atomic E-state index is 11.8. The third kappa shape index (κ3) is 2.82. The largest absolute Gasteiger partial charge is 0.506 e. The van der Waals surface area contributed by atoms with Gasteiger partial charge >= 0.3 is 5.97 Å². The van der Waals surface area contributed by atoms with Gasteiger partial charge in [0.2, 0.25) is 11.8 Å². The van der Waals surface area contributed by atoms with Gasteiger partial charge in [-0.3, -0.25) is 9.59 Å². The zero-order valence-electron chi connectivity index (χ0n) is 9.84. The normalized spacial score (nSPS) is 17.9. The summed E-state index contributed by atoms with van der Waals surface area (Å²) >= 11 is 0. The van der Waals surface area contributed by atoms with Crippen LogP contribution in [0.15, 0.2) is 18.2 Å². The van der Waals surface area contributed by atoms with Gasteiger partial charge in [-0.2, -0.15) is 0 Å². The van der Waals surface area contributed by atoms with E-state index < -0.39 is 17.8 Å². The molecule has 1 aromatic carbocycles. The number of carbonyl (C=O) groups is 3. The minimum atomic E-state index is -1.17. The number of benzene rings is 1. The number of anilines is 1. The van der Waals surface area contributed by atoms with Gasteiger partial charge in [-0.05, 0) is 18.2 Å². The first-order valence-electron chi connectivity index (χ1n) is 5.61. The van der Waals surface area contributed by atoms with E-state index in [1.807, 2.05) is 0 Å². The highest BCUT2D eigenvalue weighted by Crippen LogP contribution is 2.25. The van der Waals surface area contributed by atoms with Crippen molar-refractivity contribution in [1.29, 1.82) is 0 Å². The molecule has 0 saturated carbocycles. The fraction of sp³-hybridized carbons (Fsp3) is 0.250. The standard InChI is InChI=1S/C12H12N2O5/c15-9-3-6(12(18)19)1-2-8(9)14-11(17)7-4-10(16)13-5-7/h1-3,7,15H,4-5H2,(H,13,16)(H,14,17)(H,18,19). The van der Waals surface area contributed by atoms with Crippen molar-refractivity contribution in [2.24, 2.45) is 5.92 Å². The molecule has 0 spiro atoms. The maximum Gasteiger partial charge on any atom is 0.335 e. The predicted molar refractivity (Wildman–Crippen MR) is 64.8 cm³/mol. The third-order valence-electron chi connectivity index (χ3n) is 2.85. The molecular weight excluding hydrogens is 252 g/mol. The van der Waals surface area contributed by atoms with Crippen LogP contribution in [0.1, 0.15) is 16.8 Å². The SMILES string of the molecule is O=C1CC(C(=O)Nc2ccc(C(=O)O)cc2O)CN1. The van der Waals surface area contributed by atoms with E-state index in [1.165, 1.54) is 12.1 Å². The summed E-state index contributed by atoms with van der Waals surface area (Å²) in [5.41, 5.74) is 0.0440. The van der Waals surface area contributed by atoms with Crippen LogP contribution >= 0.6 is 0 Å². The predicted octanol–water partition coefficient (Wildman–Crippen LogP) is 0.165. The van der Waals surface area contributed by atoms with Crippen LogP contribution < -0.4 is 10.6 Å². The number of carboxylic acid groups (broad SMARTS) is 1. The highest BCUT2D eigenvalue weighted by atomic mass is 16.4. The lowest BCUT2D eigenvalue weighted by atomic mass is 10.1. The van der Waals surface area contributed by atoms with Crippen LogP contribution in [0.4, 0.5) is 5.69 Å². The third-order valence-corrected chi connectivity index (χ3v) is 2.85. The lowest BCUT2D eigenvalue weighted by Crippen LogP contribution is -2.24. The molecule has 7 heteroatoms. The number of carbonyl (C=O) groups excluding carboxylic acids is 2. The van der Waals surface area contributed by atoms with E-state index in [0.29, 0.717) is 0 Å². The highest BCUT2D eigenvalue weighted by molar-refractivity contribution is 5.98. The van der Waals surface area contributed by atoms with Crippen LogP contribution in [-0.2, 0) is 9.59 Å². The quantitative estimate of drug-likeness (QED) is 0.580. The molecule has 1 aromatic rings. The Morgan fingerprint density at radius 2 is 2.11 bits per heavy atom. The second-order valence-corrected chi connectivity index (χ2v) is 4.23. The number of carboxylic acids is 1. The second kappa shape index (κ2) is 4.97. The minimum absolute atomic E-state index is 0.0757. The van der Waals surface area contributed by atoms with Gasteiger partial charge in [-0.25, -0.2) is 4.79 Å². The second-order valence-electron chi connectivity index (χ2n) is 4.23. The molecule has 1 unspecified atom stereocenters. The molecule has 19 heavy (non-hydrogen) atoms. The van der Waals surface area contributed by atoms with E-state index in [1.54, 1.807) is 0 Å². The van der Waals surface area contributed by atoms with Crippen molar-refractivity contribution in [2.75, 3.05) is 11.9 Å². The minimum Gasteiger partial charge on any atom is -0.506 e. The number of amides is 2. The molecular formula is C12H12N2O5. The van der Waals surface area contributed by atoms with Gasteiger partial charge in [-0.1, -0.05) is 0 Å². The van der Waals surface area contributed by atoms with E-state index in [4.69, 9.17) is 5.11 Å². The van der Waals surface area contributed by atoms with Gasteiger partial charge in [0.05, 0.1) is 17.2 Å². The molecule has 2 rings (SSSR count). The number of nitrogens with one attached hydrogen (secondary N) is 2. The van der Waals surface area contributed by atoms with Crippen molar-refractivity contribution in [3.8, 4) is 5.75 Å². The Bertz CT molecular complexity index is 555. The Morgan fingerprint density at radius 1 is 1.37 bits per heavy atom. The molecule has 1 saturated heterocycles. The number of phenolic OH excluding ortho intramolecular Hbond substituents is 1. The molecule has 4 N–H and O–H groups in total. The van der Waals surface area contributed by atoms with E-state index in [-0.39, 0.29) is 35.9 Å². The Balaban J connectivity index is 2.09. The van der Waals surface area contributed by atoms with Crippen LogP contribution in [0.2, 0.25) is 0 Å². The Kier molecular flexibility index (Phi) is 3.37. The molecule has 1 aliphatic heterocycles. The van der Waals surface area contributed by atoms with Crippen LogP contribution in [-0.4, -0.2) is 34.5 Å². The topological polar surface area (TPSA) is 116 Å². The first kappa shape index (κ1) is 12.9. The number of hydrogen-bond acceptors (Lipinski definition) is 4. The molecule has 2 amide bonds. The van der Waals surface area contributed by atoms with Gasteiger partial charge in [0.1, 0.15) is 5.75 Å². The van der Waals surface area contributed by atoms with E-state index in [9.17, 15) is 19.5 Å². The van der Waals surface area contributed by atoms with Crippen LogP contribution in [0.25, 0.3) is 0 Å². The average molecular weight is 264 g/mol.